The second-order valence-electron chi connectivity index (χ2n) is 8.45. The molecule has 3 aromatic rings. The molecule has 1 saturated heterocycles. The smallest absolute Gasteiger partial charge is 0.252 e. The third-order valence-corrected chi connectivity index (χ3v) is 10.7. The fourth-order valence-electron chi connectivity index (χ4n) is 4.49. The lowest BCUT2D eigenvalue weighted by Gasteiger charge is -2.29. The molecule has 0 bridgehead atoms. The van der Waals surface area contributed by atoms with E-state index in [0.29, 0.717) is 35.4 Å². The zero-order valence-corrected chi connectivity index (χ0v) is 21.1. The molecule has 0 atom stereocenters. The summed E-state index contributed by atoms with van der Waals surface area (Å²) >= 11 is 8.37. The fraction of sp³-hybridized carbons (Fsp3) is 0.391. The molecule has 1 aliphatic carbocycles. The second-order valence-corrected chi connectivity index (χ2v) is 13.2. The monoisotopic (exact) mass is 521 g/mol. The number of rotatable bonds is 5. The quantitative estimate of drug-likeness (QED) is 0.484. The molecule has 2 aliphatic rings. The molecule has 1 aromatic carbocycles. The summed E-state index contributed by atoms with van der Waals surface area (Å²) < 4.78 is 27.7. The zero-order chi connectivity index (χ0) is 23.0. The molecule has 0 saturated carbocycles. The van der Waals surface area contributed by atoms with Crippen molar-refractivity contribution in [1.82, 2.24) is 9.29 Å². The Morgan fingerprint density at radius 2 is 1.85 bits per heavy atom. The first-order valence-corrected chi connectivity index (χ1v) is 14.6. The van der Waals surface area contributed by atoms with Gasteiger partial charge in [-0.3, -0.25) is 4.79 Å². The van der Waals surface area contributed by atoms with E-state index in [2.05, 4.69) is 28.5 Å². The molecule has 0 unspecified atom stereocenters. The van der Waals surface area contributed by atoms with Crippen LogP contribution in [0.5, 0.6) is 0 Å². The highest BCUT2D eigenvalue weighted by Crippen LogP contribution is 2.32. The van der Waals surface area contributed by atoms with Crippen molar-refractivity contribution in [2.24, 2.45) is 5.92 Å². The third kappa shape index (κ3) is 4.88. The number of amides is 1. The van der Waals surface area contributed by atoms with Gasteiger partial charge in [0.05, 0.1) is 10.0 Å². The van der Waals surface area contributed by atoms with Crippen molar-refractivity contribution in [2.45, 2.75) is 42.7 Å². The van der Waals surface area contributed by atoms with Gasteiger partial charge in [0.15, 0.2) is 5.13 Å². The van der Waals surface area contributed by atoms with Gasteiger partial charge in [-0.05, 0) is 67.9 Å². The van der Waals surface area contributed by atoms with Crippen LogP contribution in [-0.2, 0) is 27.7 Å². The molecule has 1 amide bonds. The highest BCUT2D eigenvalue weighted by molar-refractivity contribution is 7.91. The van der Waals surface area contributed by atoms with E-state index in [4.69, 9.17) is 11.6 Å². The van der Waals surface area contributed by atoms with Gasteiger partial charge in [-0.1, -0.05) is 23.7 Å². The summed E-state index contributed by atoms with van der Waals surface area (Å²) in [7, 11) is -3.56. The number of hydrogen-bond acceptors (Lipinski definition) is 6. The maximum absolute atomic E-state index is 12.8. The van der Waals surface area contributed by atoms with Gasteiger partial charge in [-0.2, -0.15) is 4.31 Å². The van der Waals surface area contributed by atoms with Gasteiger partial charge >= 0.3 is 0 Å². The third-order valence-electron chi connectivity index (χ3n) is 6.35. The van der Waals surface area contributed by atoms with Gasteiger partial charge in [-0.15, -0.1) is 22.7 Å². The van der Waals surface area contributed by atoms with Crippen LogP contribution in [-0.4, -0.2) is 36.7 Å². The molecule has 5 rings (SSSR count). The molecule has 1 aliphatic heterocycles. The molecular formula is C23H24ClN3O3S3. The number of sulfonamides is 1. The zero-order valence-electron chi connectivity index (χ0n) is 17.9. The molecule has 2 aromatic heterocycles. The SMILES string of the molecule is O=C(Nc1nc(-c2ccc3c(c2)CCCC3)cs1)C1CCN(S(=O)(=O)c2ccc(Cl)s2)CC1. The Balaban J connectivity index is 1.20. The first-order valence-electron chi connectivity index (χ1n) is 11.0. The van der Waals surface area contributed by atoms with Crippen LogP contribution in [0.1, 0.15) is 36.8 Å². The lowest BCUT2D eigenvalue weighted by atomic mass is 9.90. The van der Waals surface area contributed by atoms with E-state index in [1.807, 2.05) is 5.38 Å². The number of piperidine rings is 1. The van der Waals surface area contributed by atoms with Gasteiger partial charge in [0, 0.05) is 30.0 Å². The predicted octanol–water partition coefficient (Wildman–Crippen LogP) is 5.44. The van der Waals surface area contributed by atoms with Crippen molar-refractivity contribution >= 4 is 55.3 Å². The van der Waals surface area contributed by atoms with Crippen molar-refractivity contribution in [3.05, 3.63) is 51.2 Å². The van der Waals surface area contributed by atoms with Gasteiger partial charge in [0.1, 0.15) is 4.21 Å². The summed E-state index contributed by atoms with van der Waals surface area (Å²) in [6.45, 7) is 0.627. The van der Waals surface area contributed by atoms with Gasteiger partial charge in [-0.25, -0.2) is 13.4 Å². The highest BCUT2D eigenvalue weighted by Gasteiger charge is 2.33. The number of anilines is 1. The number of fused-ring (bicyclic) bond motifs is 1. The summed E-state index contributed by atoms with van der Waals surface area (Å²) in [6, 6.07) is 9.66. The van der Waals surface area contributed by atoms with Crippen molar-refractivity contribution in [2.75, 3.05) is 18.4 Å². The van der Waals surface area contributed by atoms with Crippen LogP contribution in [0.25, 0.3) is 11.3 Å². The first kappa shape index (κ1) is 23.0. The highest BCUT2D eigenvalue weighted by atomic mass is 35.5. The van der Waals surface area contributed by atoms with Crippen LogP contribution in [0.3, 0.4) is 0 Å². The Kier molecular flexibility index (Phi) is 6.59. The minimum atomic E-state index is -3.56. The maximum atomic E-state index is 12.8. The van der Waals surface area contributed by atoms with Gasteiger partial charge in [0.25, 0.3) is 10.0 Å². The molecule has 3 heterocycles. The molecule has 1 fully saturated rings. The summed E-state index contributed by atoms with van der Waals surface area (Å²) in [5, 5.41) is 5.49. The summed E-state index contributed by atoms with van der Waals surface area (Å²) in [5.74, 6) is -0.336. The van der Waals surface area contributed by atoms with Crippen LogP contribution in [0.15, 0.2) is 39.9 Å². The average Bonchev–Trinajstić information content (AvgIpc) is 3.48. The van der Waals surface area contributed by atoms with E-state index >= 15 is 0 Å². The lowest BCUT2D eigenvalue weighted by molar-refractivity contribution is -0.120. The standard InChI is InChI=1S/C23H24ClN3O3S3/c24-20-7-8-21(32-20)33(29,30)27-11-9-16(10-12-27)22(28)26-23-25-19(14-31-23)18-6-5-15-3-1-2-4-17(15)13-18/h5-8,13-14,16H,1-4,9-12H2,(H,25,26,28). The fourth-order valence-corrected chi connectivity index (χ4v) is 8.32. The molecule has 1 N–H and O–H groups in total. The second kappa shape index (κ2) is 9.46. The van der Waals surface area contributed by atoms with Crippen molar-refractivity contribution < 1.29 is 13.2 Å². The van der Waals surface area contributed by atoms with Gasteiger partial charge in [0.2, 0.25) is 5.91 Å². The van der Waals surface area contributed by atoms with E-state index in [-0.39, 0.29) is 16.0 Å². The topological polar surface area (TPSA) is 79.4 Å². The maximum Gasteiger partial charge on any atom is 0.252 e. The van der Waals surface area contributed by atoms with Crippen LogP contribution in [0.4, 0.5) is 5.13 Å². The first-order chi connectivity index (χ1) is 15.9. The number of aryl methyl sites for hydroxylation is 2. The minimum absolute atomic E-state index is 0.0995. The largest absolute Gasteiger partial charge is 0.302 e. The molecule has 6 nitrogen and oxygen atoms in total. The molecule has 10 heteroatoms. The van der Waals surface area contributed by atoms with E-state index in [9.17, 15) is 13.2 Å². The van der Waals surface area contributed by atoms with E-state index < -0.39 is 10.0 Å². The molecule has 0 spiro atoms. The number of nitrogens with one attached hydrogen (secondary N) is 1. The number of nitrogens with zero attached hydrogens (tertiary/aromatic N) is 2. The number of carbonyl (C=O) groups excluding carboxylic acids is 1. The normalized spacial score (nSPS) is 17.6. The minimum Gasteiger partial charge on any atom is -0.302 e. The predicted molar refractivity (Wildman–Crippen MR) is 134 cm³/mol. The van der Waals surface area contributed by atoms with Crippen LogP contribution in [0, 0.1) is 5.92 Å². The Labute approximate surface area is 206 Å². The Morgan fingerprint density at radius 1 is 1.09 bits per heavy atom. The van der Waals surface area contributed by atoms with E-state index in [0.717, 1.165) is 35.4 Å². The van der Waals surface area contributed by atoms with Crippen molar-refractivity contribution in [1.29, 1.82) is 0 Å². The Bertz CT molecular complexity index is 1280. The number of hydrogen-bond donors (Lipinski definition) is 1. The number of thiophene rings is 1. The molecular weight excluding hydrogens is 498 g/mol. The van der Waals surface area contributed by atoms with E-state index in [1.165, 1.54) is 45.7 Å². The molecule has 0 radical (unpaired) electrons. The summed E-state index contributed by atoms with van der Waals surface area (Å²) in [6.07, 6.45) is 5.71. The Hall–Kier alpha value is -1.78. The number of thiazole rings is 1. The van der Waals surface area contributed by atoms with E-state index in [1.54, 1.807) is 6.07 Å². The van der Waals surface area contributed by atoms with Crippen molar-refractivity contribution in [3.63, 3.8) is 0 Å². The van der Waals surface area contributed by atoms with Crippen LogP contribution >= 0.6 is 34.3 Å². The summed E-state index contributed by atoms with van der Waals surface area (Å²) in [4.78, 5) is 17.4. The van der Waals surface area contributed by atoms with Crippen LogP contribution < -0.4 is 5.32 Å². The summed E-state index contributed by atoms with van der Waals surface area (Å²) in [5.41, 5.74) is 4.80. The molecule has 174 valence electrons. The number of aromatic nitrogens is 1. The number of halogens is 1. The average molecular weight is 522 g/mol. The number of carbonyl (C=O) groups is 1. The van der Waals surface area contributed by atoms with Crippen molar-refractivity contribution in [3.8, 4) is 11.3 Å². The van der Waals surface area contributed by atoms with Crippen LogP contribution in [0.2, 0.25) is 4.34 Å². The number of benzene rings is 1. The molecule has 33 heavy (non-hydrogen) atoms. The lowest BCUT2D eigenvalue weighted by Crippen LogP contribution is -2.41. The van der Waals surface area contributed by atoms with Gasteiger partial charge < -0.3 is 5.32 Å². The Morgan fingerprint density at radius 3 is 2.58 bits per heavy atom.